The lowest BCUT2D eigenvalue weighted by Crippen LogP contribution is -2.54. The number of ether oxygens (including phenoxy) is 3. The van der Waals surface area contributed by atoms with E-state index in [9.17, 15) is 10.1 Å². The average molecular weight is 282 g/mol. The van der Waals surface area contributed by atoms with Crippen LogP contribution in [0.5, 0.6) is 0 Å². The van der Waals surface area contributed by atoms with Crippen molar-refractivity contribution in [2.24, 2.45) is 0 Å². The van der Waals surface area contributed by atoms with Crippen LogP contribution < -0.4 is 5.32 Å². The summed E-state index contributed by atoms with van der Waals surface area (Å²) in [4.78, 5) is 11.9. The summed E-state index contributed by atoms with van der Waals surface area (Å²) >= 11 is 0. The van der Waals surface area contributed by atoms with Gasteiger partial charge in [0, 0.05) is 12.8 Å². The van der Waals surface area contributed by atoms with Gasteiger partial charge in [-0.3, -0.25) is 0 Å². The molecule has 1 N–H and O–H groups in total. The van der Waals surface area contributed by atoms with Gasteiger partial charge in [0.05, 0.1) is 19.3 Å². The summed E-state index contributed by atoms with van der Waals surface area (Å²) in [5.74, 6) is -0.546. The summed E-state index contributed by atoms with van der Waals surface area (Å²) in [5, 5.41) is 12.1. The van der Waals surface area contributed by atoms with Gasteiger partial charge in [0.2, 0.25) is 0 Å². The maximum absolute atomic E-state index is 11.9. The summed E-state index contributed by atoms with van der Waals surface area (Å²) in [5.41, 5.74) is -1.46. The van der Waals surface area contributed by atoms with E-state index in [-0.39, 0.29) is 0 Å². The first kappa shape index (κ1) is 15.1. The Morgan fingerprint density at radius 1 is 1.20 bits per heavy atom. The number of nitriles is 1. The average Bonchev–Trinajstić information content (AvgIpc) is 2.79. The van der Waals surface area contributed by atoms with Gasteiger partial charge in [0.25, 0.3) is 0 Å². The Balaban J connectivity index is 1.95. The fourth-order valence-electron chi connectivity index (χ4n) is 2.61. The van der Waals surface area contributed by atoms with Crippen LogP contribution in [0.3, 0.4) is 0 Å². The van der Waals surface area contributed by atoms with E-state index >= 15 is 0 Å². The molecule has 1 spiro atoms. The molecule has 0 atom stereocenters. The molecule has 1 aliphatic heterocycles. The van der Waals surface area contributed by atoms with Crippen molar-refractivity contribution in [2.75, 3.05) is 13.2 Å². The zero-order chi connectivity index (χ0) is 14.9. The van der Waals surface area contributed by atoms with Crippen molar-refractivity contribution in [1.29, 1.82) is 5.26 Å². The lowest BCUT2D eigenvalue weighted by Gasteiger charge is -2.40. The molecule has 2 rings (SSSR count). The summed E-state index contributed by atoms with van der Waals surface area (Å²) < 4.78 is 16.5. The Morgan fingerprint density at radius 3 is 2.20 bits per heavy atom. The second kappa shape index (κ2) is 5.23. The van der Waals surface area contributed by atoms with E-state index in [0.717, 1.165) is 0 Å². The number of hydrogen-bond donors (Lipinski definition) is 1. The molecule has 1 heterocycles. The van der Waals surface area contributed by atoms with Gasteiger partial charge in [-0.05, 0) is 33.6 Å². The maximum atomic E-state index is 11.9. The Kier molecular flexibility index (Phi) is 3.94. The molecular formula is C14H22N2O4. The third-order valence-electron chi connectivity index (χ3n) is 3.63. The van der Waals surface area contributed by atoms with Crippen molar-refractivity contribution in [3.8, 4) is 6.07 Å². The van der Waals surface area contributed by atoms with Crippen molar-refractivity contribution < 1.29 is 19.0 Å². The number of nitrogens with zero attached hydrogens (tertiary/aromatic N) is 1. The molecule has 0 aromatic rings. The number of nitrogens with one attached hydrogen (secondary N) is 1. The molecule has 6 nitrogen and oxygen atoms in total. The third-order valence-corrected chi connectivity index (χ3v) is 3.63. The van der Waals surface area contributed by atoms with E-state index < -0.39 is 23.0 Å². The Labute approximate surface area is 119 Å². The summed E-state index contributed by atoms with van der Waals surface area (Å²) in [6.45, 7) is 6.57. The number of carbonyl (C=O) groups excluding carboxylic acids is 1. The Morgan fingerprint density at radius 2 is 1.75 bits per heavy atom. The van der Waals surface area contributed by atoms with Gasteiger partial charge in [-0.15, -0.1) is 0 Å². The Hall–Kier alpha value is -1.32. The van der Waals surface area contributed by atoms with Crippen molar-refractivity contribution >= 4 is 6.09 Å². The van der Waals surface area contributed by atoms with E-state index in [4.69, 9.17) is 14.2 Å². The molecule has 0 unspecified atom stereocenters. The highest BCUT2D eigenvalue weighted by Crippen LogP contribution is 2.40. The first-order valence-electron chi connectivity index (χ1n) is 6.99. The van der Waals surface area contributed by atoms with Crippen molar-refractivity contribution in [1.82, 2.24) is 5.32 Å². The first-order chi connectivity index (χ1) is 9.28. The van der Waals surface area contributed by atoms with Gasteiger partial charge in [0.1, 0.15) is 11.1 Å². The van der Waals surface area contributed by atoms with Crippen molar-refractivity contribution in [2.45, 2.75) is 63.4 Å². The Bertz CT molecular complexity index is 406. The third kappa shape index (κ3) is 3.41. The molecule has 1 saturated carbocycles. The van der Waals surface area contributed by atoms with Crippen molar-refractivity contribution in [3.05, 3.63) is 0 Å². The zero-order valence-electron chi connectivity index (χ0n) is 12.3. The fourth-order valence-corrected chi connectivity index (χ4v) is 2.61. The zero-order valence-corrected chi connectivity index (χ0v) is 12.3. The molecule has 6 heteroatoms. The van der Waals surface area contributed by atoms with E-state index in [1.807, 2.05) is 0 Å². The second-order valence-electron chi connectivity index (χ2n) is 6.43. The van der Waals surface area contributed by atoms with Gasteiger partial charge in [-0.2, -0.15) is 5.26 Å². The highest BCUT2D eigenvalue weighted by Gasteiger charge is 2.47. The first-order valence-corrected chi connectivity index (χ1v) is 6.99. The van der Waals surface area contributed by atoms with Gasteiger partial charge in [0.15, 0.2) is 5.79 Å². The van der Waals surface area contributed by atoms with Gasteiger partial charge in [-0.1, -0.05) is 0 Å². The molecule has 0 aromatic carbocycles. The standard InChI is InChI=1S/C14H22N2O4/c1-12(2,3)20-11(17)16-13(10-15)4-6-14(7-5-13)18-8-9-19-14/h4-9H2,1-3H3,(H,16,17). The molecule has 0 radical (unpaired) electrons. The largest absolute Gasteiger partial charge is 0.444 e. The number of rotatable bonds is 1. The molecule has 2 fully saturated rings. The smallest absolute Gasteiger partial charge is 0.408 e. The minimum atomic E-state index is -0.886. The normalized spacial score (nSPS) is 24.1. The van der Waals surface area contributed by atoms with Crippen LogP contribution in [0, 0.1) is 11.3 Å². The van der Waals surface area contributed by atoms with Crippen LogP contribution in [0.15, 0.2) is 0 Å². The van der Waals surface area contributed by atoms with Crippen LogP contribution in [0.25, 0.3) is 0 Å². The summed E-state index contributed by atoms with van der Waals surface area (Å²) in [7, 11) is 0. The molecule has 1 amide bonds. The van der Waals surface area contributed by atoms with Gasteiger partial charge >= 0.3 is 6.09 Å². The highest BCUT2D eigenvalue weighted by atomic mass is 16.7. The minimum Gasteiger partial charge on any atom is -0.444 e. The SMILES string of the molecule is CC(C)(C)OC(=O)NC1(C#N)CCC2(CC1)OCCO2. The molecule has 1 saturated heterocycles. The fraction of sp³-hybridized carbons (Fsp3) is 0.857. The lowest BCUT2D eigenvalue weighted by molar-refractivity contribution is -0.183. The van der Waals surface area contributed by atoms with Gasteiger partial charge < -0.3 is 19.5 Å². The molecule has 20 heavy (non-hydrogen) atoms. The van der Waals surface area contributed by atoms with Crippen molar-refractivity contribution in [3.63, 3.8) is 0 Å². The van der Waals surface area contributed by atoms with Crippen LogP contribution in [0.4, 0.5) is 4.79 Å². The van der Waals surface area contributed by atoms with Crippen LogP contribution in [0.2, 0.25) is 0 Å². The van der Waals surface area contributed by atoms with Crippen LogP contribution in [-0.4, -0.2) is 36.2 Å². The number of amides is 1. The quantitative estimate of drug-likeness (QED) is 0.796. The number of carbonyl (C=O) groups is 1. The van der Waals surface area contributed by atoms with Crippen LogP contribution in [0.1, 0.15) is 46.5 Å². The summed E-state index contributed by atoms with van der Waals surface area (Å²) in [6.07, 6.45) is 1.67. The maximum Gasteiger partial charge on any atom is 0.408 e. The van der Waals surface area contributed by atoms with E-state index in [0.29, 0.717) is 38.9 Å². The van der Waals surface area contributed by atoms with Crippen LogP contribution >= 0.6 is 0 Å². The molecule has 0 aromatic heterocycles. The topological polar surface area (TPSA) is 80.6 Å². The summed E-state index contributed by atoms with van der Waals surface area (Å²) in [6, 6.07) is 2.22. The second-order valence-corrected chi connectivity index (χ2v) is 6.43. The molecule has 2 aliphatic rings. The molecular weight excluding hydrogens is 260 g/mol. The minimum absolute atomic E-state index is 0.503. The molecule has 112 valence electrons. The molecule has 1 aliphatic carbocycles. The number of alkyl carbamates (subject to hydrolysis) is 1. The predicted octanol–water partition coefficient (Wildman–Crippen LogP) is 2.09. The van der Waals surface area contributed by atoms with E-state index in [1.165, 1.54) is 0 Å². The monoisotopic (exact) mass is 282 g/mol. The van der Waals surface area contributed by atoms with Gasteiger partial charge in [-0.25, -0.2) is 4.79 Å². The highest BCUT2D eigenvalue weighted by molar-refractivity contribution is 5.69. The van der Waals surface area contributed by atoms with E-state index in [2.05, 4.69) is 11.4 Å². The van der Waals surface area contributed by atoms with E-state index in [1.54, 1.807) is 20.8 Å². The predicted molar refractivity (Wildman–Crippen MR) is 70.8 cm³/mol. The molecule has 0 bridgehead atoms. The lowest BCUT2D eigenvalue weighted by atomic mass is 9.79. The van der Waals surface area contributed by atoms with Crippen LogP contribution in [-0.2, 0) is 14.2 Å². The number of hydrogen-bond acceptors (Lipinski definition) is 5.